The van der Waals surface area contributed by atoms with E-state index in [1.54, 1.807) is 0 Å². The smallest absolute Gasteiger partial charge is 0.480 e. The number of aliphatic carboxylic acids is 1. The molecular weight excluding hydrogens is 1060 g/mol. The number of nitrogens with one attached hydrogen (secondary N) is 2. The summed E-state index contributed by atoms with van der Waals surface area (Å²) >= 11 is 0. The van der Waals surface area contributed by atoms with Crippen LogP contribution in [0.15, 0.2) is 0 Å². The van der Waals surface area contributed by atoms with E-state index in [2.05, 4.69) is 24.5 Å². The fourth-order valence-electron chi connectivity index (χ4n) is 10.2. The van der Waals surface area contributed by atoms with Crippen molar-refractivity contribution in [1.29, 1.82) is 0 Å². The van der Waals surface area contributed by atoms with E-state index in [1.807, 2.05) is 0 Å². The van der Waals surface area contributed by atoms with Gasteiger partial charge in [0.2, 0.25) is 17.4 Å². The number of carboxylic acids is 1. The predicted molar refractivity (Wildman–Crippen MR) is 301 cm³/mol. The van der Waals surface area contributed by atoms with Gasteiger partial charge >= 0.3 is 14.2 Å². The fourth-order valence-corrected chi connectivity index (χ4v) is 10.4. The Balaban J connectivity index is 3.82. The quantitative estimate of drug-likeness (QED) is 0.0224. The number of nitrogens with zero attached hydrogens (tertiary/aromatic N) is 1. The van der Waals surface area contributed by atoms with Crippen LogP contribution in [0.1, 0.15) is 214 Å². The Bertz CT molecular complexity index is 1770. The Labute approximate surface area is 476 Å². The van der Waals surface area contributed by atoms with Gasteiger partial charge < -0.3 is 71.9 Å². The predicted octanol–water partition coefficient (Wildman–Crippen LogP) is 4.65. The van der Waals surface area contributed by atoms with Gasteiger partial charge in [0.1, 0.15) is 49.2 Å². The maximum absolute atomic E-state index is 15.5. The molecule has 1 aliphatic heterocycles. The van der Waals surface area contributed by atoms with Crippen molar-refractivity contribution >= 4 is 43.5 Å². The van der Waals surface area contributed by atoms with Crippen molar-refractivity contribution < 1.29 is 87.6 Å². The number of carbonyl (C=O) groups excluding carboxylic acids is 5. The first kappa shape index (κ1) is 74.9. The highest BCUT2D eigenvalue weighted by Gasteiger charge is 2.57. The molecule has 0 spiro atoms. The number of Topliss-reactive ketones (excluding diaryl/α,β-unsaturated/α-hetero) is 2. The van der Waals surface area contributed by atoms with Crippen LogP contribution in [-0.2, 0) is 52.1 Å². The van der Waals surface area contributed by atoms with Crippen LogP contribution in [-0.4, -0.2) is 181 Å². The van der Waals surface area contributed by atoms with E-state index < -0.39 is 149 Å². The summed E-state index contributed by atoms with van der Waals surface area (Å²) in [5, 5.41) is 70.4. The van der Waals surface area contributed by atoms with Crippen LogP contribution in [0.2, 0.25) is 0 Å². The summed E-state index contributed by atoms with van der Waals surface area (Å²) in [6.07, 6.45) is 11.3. The molecule has 0 radical (unpaired) electrons. The average molecular weight is 1170 g/mol. The molecule has 1 fully saturated rings. The number of hydrogen-bond acceptors (Lipinski definition) is 18. The van der Waals surface area contributed by atoms with Gasteiger partial charge in [-0.15, -0.1) is 9.42 Å². The number of aliphatic hydroxyl groups is 5. The molecule has 24 heteroatoms. The first-order chi connectivity index (χ1) is 38.1. The Morgan fingerprint density at radius 3 is 1.70 bits per heavy atom. The van der Waals surface area contributed by atoms with E-state index in [0.29, 0.717) is 19.3 Å². The van der Waals surface area contributed by atoms with Crippen molar-refractivity contribution in [1.82, 2.24) is 15.5 Å². The van der Waals surface area contributed by atoms with Gasteiger partial charge in [0.15, 0.2) is 17.9 Å². The number of carboxylic acid groups (broad SMARTS) is 1. The lowest BCUT2D eigenvalue weighted by Gasteiger charge is -2.44. The standard InChI is InChI=1S/C56H104N5O18P/c1-6-8-10-12-14-16-18-20-22-24-26-28-30-32-46(65)56(47(66)38-63,51(68)43(59-33-34-76-80(74)75)31-29-27-25-23-21-19-17-15-13-11-9-7-2)79-44(35-42(57)52(58)69)53(70)61(40(4)54(71)72)36-39(3)77-50-48(60-41(5)64)55(73)78-45(37-62)49(50)67/h39-40,42-45,47-50,55,59,62-63,66-67,73H,6-38,57H2,1-5H3,(H4-,58,60,64,69,71,72,74,75)/p+1/t39?,40-,42-,43?,44?,45+,47-,48+,49+,50+,55-,56-/m0/s1. The molecule has 0 aromatic carbocycles. The van der Waals surface area contributed by atoms with Crippen molar-refractivity contribution in [2.45, 2.75) is 287 Å². The Morgan fingerprint density at radius 2 is 1.26 bits per heavy atom. The summed E-state index contributed by atoms with van der Waals surface area (Å²) in [5.41, 5.74) is 8.70. The number of ether oxygens (including phenoxy) is 3. The first-order valence-electron chi connectivity index (χ1n) is 29.8. The summed E-state index contributed by atoms with van der Waals surface area (Å²) in [5.74, 6) is -6.84. The largest absolute Gasteiger partial charge is 0.694 e. The van der Waals surface area contributed by atoms with Gasteiger partial charge in [-0.25, -0.2) is 4.79 Å². The molecule has 0 aromatic heterocycles. The van der Waals surface area contributed by atoms with E-state index in [-0.39, 0.29) is 26.0 Å². The van der Waals surface area contributed by atoms with Crippen LogP contribution in [0.3, 0.4) is 0 Å². The van der Waals surface area contributed by atoms with Crippen LogP contribution in [0, 0.1) is 0 Å². The number of aliphatic hydroxyl groups excluding tert-OH is 5. The first-order valence-corrected chi connectivity index (χ1v) is 31.0. The minimum Gasteiger partial charge on any atom is -0.480 e. The normalized spacial score (nSPS) is 20.6. The maximum atomic E-state index is 15.5. The highest BCUT2D eigenvalue weighted by molar-refractivity contribution is 7.32. The maximum Gasteiger partial charge on any atom is 0.694 e. The molecular formula is C56H105N5O18P+. The summed E-state index contributed by atoms with van der Waals surface area (Å²) in [6.45, 7) is 4.65. The van der Waals surface area contributed by atoms with Crippen LogP contribution in [0.25, 0.3) is 0 Å². The molecule has 0 bridgehead atoms. The van der Waals surface area contributed by atoms with Crippen molar-refractivity contribution in [2.75, 3.05) is 32.9 Å². The fraction of sp³-hybridized carbons (Fsp3) is 0.893. The van der Waals surface area contributed by atoms with Gasteiger partial charge in [0, 0.05) is 37.4 Å². The van der Waals surface area contributed by atoms with Gasteiger partial charge in [-0.05, 0) is 26.7 Å². The Hall–Kier alpha value is -3.16. The molecule has 13 N–H and O–H groups in total. The van der Waals surface area contributed by atoms with Crippen LogP contribution in [0.4, 0.5) is 0 Å². The molecule has 1 rings (SSSR count). The lowest BCUT2D eigenvalue weighted by atomic mass is 9.79. The minimum absolute atomic E-state index is 0.0244. The van der Waals surface area contributed by atoms with Gasteiger partial charge in [0.05, 0.1) is 31.4 Å². The second kappa shape index (κ2) is 43.5. The second-order valence-electron chi connectivity index (χ2n) is 21.7. The molecule has 3 amide bonds. The number of rotatable bonds is 51. The highest BCUT2D eigenvalue weighted by atomic mass is 31.1. The third-order valence-electron chi connectivity index (χ3n) is 14.9. The van der Waals surface area contributed by atoms with Crippen molar-refractivity contribution in [3.63, 3.8) is 0 Å². The minimum atomic E-state index is -3.09. The molecule has 0 aliphatic carbocycles. The second-order valence-corrected chi connectivity index (χ2v) is 22.4. The van der Waals surface area contributed by atoms with E-state index >= 15 is 14.4 Å². The third kappa shape index (κ3) is 28.4. The zero-order chi connectivity index (χ0) is 60.0. The SMILES string of the molecule is CCCCCCCCCCCCCCCC(=O)[C@@](OC(C[C@H](N)C(N)=O)C(=O)N(CC(C)O[C@H]1[C@H](O)[C@@H](CO)O[C@H](O)[C@@H]1NC(C)=O)[C@@H](C)C(=O)O)(C(=O)C(CCCCCCCCCCCCCC)NCCO[P+](=O)O)[C@@H](O)CO. The number of amides is 3. The van der Waals surface area contributed by atoms with Gasteiger partial charge in [0.25, 0.3) is 5.91 Å². The molecule has 1 saturated heterocycles. The summed E-state index contributed by atoms with van der Waals surface area (Å²) in [6, 6.07) is -6.31. The summed E-state index contributed by atoms with van der Waals surface area (Å²) in [7, 11) is -3.04. The zero-order valence-electron chi connectivity index (χ0n) is 48.9. The number of primary amides is 1. The molecule has 1 heterocycles. The van der Waals surface area contributed by atoms with E-state index in [4.69, 9.17) is 30.2 Å². The lowest BCUT2D eigenvalue weighted by molar-refractivity contribution is -0.268. The van der Waals surface area contributed by atoms with Crippen LogP contribution < -0.4 is 22.1 Å². The van der Waals surface area contributed by atoms with E-state index in [1.165, 1.54) is 71.1 Å². The lowest BCUT2D eigenvalue weighted by Crippen LogP contribution is -2.67. The zero-order valence-corrected chi connectivity index (χ0v) is 49.8. The molecule has 0 aromatic rings. The molecule has 80 heavy (non-hydrogen) atoms. The van der Waals surface area contributed by atoms with Gasteiger partial charge in [-0.2, -0.15) is 0 Å². The molecule has 23 nitrogen and oxygen atoms in total. The molecule has 1 aliphatic rings. The Morgan fingerprint density at radius 1 is 0.775 bits per heavy atom. The van der Waals surface area contributed by atoms with Gasteiger partial charge in [-0.1, -0.05) is 168 Å². The number of carbonyl (C=O) groups is 6. The highest BCUT2D eigenvalue weighted by Crippen LogP contribution is 2.32. The number of ketones is 2. The average Bonchev–Trinajstić information content (AvgIpc) is 3.41. The van der Waals surface area contributed by atoms with Crippen LogP contribution >= 0.6 is 8.25 Å². The number of unbranched alkanes of at least 4 members (excludes halogenated alkanes) is 23. The molecule has 4 unspecified atom stereocenters. The third-order valence-corrected chi connectivity index (χ3v) is 15.3. The number of hydrogen-bond donors (Lipinski definition) is 11. The summed E-state index contributed by atoms with van der Waals surface area (Å²) in [4.78, 5) is 93.6. The van der Waals surface area contributed by atoms with Crippen LogP contribution in [0.5, 0.6) is 0 Å². The number of nitrogens with two attached hydrogens (primary N) is 2. The van der Waals surface area contributed by atoms with Crippen molar-refractivity contribution in [3.05, 3.63) is 0 Å². The van der Waals surface area contributed by atoms with Crippen molar-refractivity contribution in [3.8, 4) is 0 Å². The molecule has 0 saturated carbocycles. The topological polar surface area (TPSA) is 377 Å². The summed E-state index contributed by atoms with van der Waals surface area (Å²) < 4.78 is 34.1. The van der Waals surface area contributed by atoms with Crippen molar-refractivity contribution in [2.24, 2.45) is 11.5 Å². The van der Waals surface area contributed by atoms with E-state index in [9.17, 15) is 54.5 Å². The monoisotopic (exact) mass is 1170 g/mol. The molecule has 466 valence electrons. The van der Waals surface area contributed by atoms with E-state index in [0.717, 1.165) is 89.4 Å². The Kier molecular flexibility index (Phi) is 40.7. The van der Waals surface area contributed by atoms with Gasteiger partial charge in [-0.3, -0.25) is 24.0 Å². The molecule has 13 atom stereocenters.